The third-order valence-corrected chi connectivity index (χ3v) is 4.43. The van der Waals surface area contributed by atoms with E-state index in [0.29, 0.717) is 5.82 Å². The first-order valence-corrected chi connectivity index (χ1v) is 8.57. The van der Waals surface area contributed by atoms with E-state index in [1.54, 1.807) is 0 Å². The molecule has 1 N–H and O–H groups in total. The highest BCUT2D eigenvalue weighted by Gasteiger charge is 2.25. The number of nitrogens with zero attached hydrogens (tertiary/aromatic N) is 3. The molecular weight excluding hydrogens is 300 g/mol. The van der Waals surface area contributed by atoms with Gasteiger partial charge in [-0.25, -0.2) is 4.98 Å². The van der Waals surface area contributed by atoms with Crippen LogP contribution in [0.5, 0.6) is 0 Å². The number of piperidine rings is 1. The van der Waals surface area contributed by atoms with Crippen molar-refractivity contribution in [1.29, 1.82) is 0 Å². The number of nitrogens with one attached hydrogen (secondary N) is 1. The fraction of sp³-hybridized carbons (Fsp3) is 0.421. The number of aryl methyl sites for hydroxylation is 1. The summed E-state index contributed by atoms with van der Waals surface area (Å²) in [6.45, 7) is 4.74. The molecule has 1 aliphatic rings. The first kappa shape index (κ1) is 16.6. The van der Waals surface area contributed by atoms with Gasteiger partial charge in [0.15, 0.2) is 0 Å². The summed E-state index contributed by atoms with van der Waals surface area (Å²) in [5, 5.41) is 2.96. The summed E-state index contributed by atoms with van der Waals surface area (Å²) in [4.78, 5) is 23.6. The highest BCUT2D eigenvalue weighted by atomic mass is 16.2. The van der Waals surface area contributed by atoms with Crippen molar-refractivity contribution >= 4 is 11.7 Å². The summed E-state index contributed by atoms with van der Waals surface area (Å²) in [6.07, 6.45) is 4.75. The van der Waals surface area contributed by atoms with Gasteiger partial charge in [0.05, 0.1) is 5.92 Å². The zero-order valence-electron chi connectivity index (χ0n) is 14.1. The summed E-state index contributed by atoms with van der Waals surface area (Å²) in [6, 6.07) is 11.7. The number of aromatic nitrogens is 2. The van der Waals surface area contributed by atoms with E-state index in [9.17, 15) is 4.79 Å². The Bertz CT molecular complexity index is 674. The van der Waals surface area contributed by atoms with Gasteiger partial charge in [0, 0.05) is 37.1 Å². The monoisotopic (exact) mass is 324 g/mol. The van der Waals surface area contributed by atoms with Crippen molar-refractivity contribution in [2.75, 3.05) is 25.0 Å². The molecule has 126 valence electrons. The lowest BCUT2D eigenvalue weighted by atomic mass is 9.97. The Balaban J connectivity index is 1.52. The van der Waals surface area contributed by atoms with Gasteiger partial charge in [-0.2, -0.15) is 0 Å². The molecule has 0 radical (unpaired) electrons. The van der Waals surface area contributed by atoms with E-state index in [0.717, 1.165) is 50.3 Å². The lowest BCUT2D eigenvalue weighted by molar-refractivity contribution is -0.121. The van der Waals surface area contributed by atoms with Crippen LogP contribution >= 0.6 is 0 Å². The summed E-state index contributed by atoms with van der Waals surface area (Å²) in [7, 11) is 0. The van der Waals surface area contributed by atoms with Crippen LogP contribution in [0, 0.1) is 12.8 Å². The highest BCUT2D eigenvalue weighted by molar-refractivity contribution is 5.91. The van der Waals surface area contributed by atoms with E-state index < -0.39 is 0 Å². The largest absolute Gasteiger partial charge is 0.310 e. The van der Waals surface area contributed by atoms with Gasteiger partial charge in [0.25, 0.3) is 0 Å². The average molecular weight is 324 g/mol. The number of hydrogen-bond acceptors (Lipinski definition) is 4. The first-order valence-electron chi connectivity index (χ1n) is 8.57. The third-order valence-electron chi connectivity index (χ3n) is 4.43. The third kappa shape index (κ3) is 4.61. The van der Waals surface area contributed by atoms with Gasteiger partial charge >= 0.3 is 0 Å². The van der Waals surface area contributed by atoms with Crippen molar-refractivity contribution in [2.45, 2.75) is 26.2 Å². The Morgan fingerprint density at radius 3 is 3.00 bits per heavy atom. The van der Waals surface area contributed by atoms with E-state index in [-0.39, 0.29) is 11.8 Å². The number of carbonyl (C=O) groups is 1. The van der Waals surface area contributed by atoms with Crippen molar-refractivity contribution in [3.63, 3.8) is 0 Å². The summed E-state index contributed by atoms with van der Waals surface area (Å²) >= 11 is 0. The SMILES string of the molecule is Cc1cccc(NC(=O)[C@@H]2CCCN(CCc3ccccn3)C2)n1. The summed E-state index contributed by atoms with van der Waals surface area (Å²) in [5.41, 5.74) is 2.02. The first-order chi connectivity index (χ1) is 11.7. The molecule has 0 aliphatic carbocycles. The fourth-order valence-electron chi connectivity index (χ4n) is 3.13. The molecule has 3 rings (SSSR count). The molecule has 1 aliphatic heterocycles. The van der Waals surface area contributed by atoms with Gasteiger partial charge in [-0.1, -0.05) is 12.1 Å². The molecule has 24 heavy (non-hydrogen) atoms. The second kappa shape index (κ2) is 8.02. The Morgan fingerprint density at radius 2 is 2.21 bits per heavy atom. The second-order valence-corrected chi connectivity index (χ2v) is 6.36. The molecule has 1 atom stereocenters. The van der Waals surface area contributed by atoms with Gasteiger partial charge in [-0.15, -0.1) is 0 Å². The molecule has 0 bridgehead atoms. The van der Waals surface area contributed by atoms with E-state index in [1.807, 2.05) is 43.5 Å². The molecule has 0 spiro atoms. The van der Waals surface area contributed by atoms with Crippen molar-refractivity contribution in [3.8, 4) is 0 Å². The lowest BCUT2D eigenvalue weighted by Crippen LogP contribution is -2.41. The van der Waals surface area contributed by atoms with E-state index in [2.05, 4.69) is 26.3 Å². The van der Waals surface area contributed by atoms with Gasteiger partial charge in [0.2, 0.25) is 5.91 Å². The van der Waals surface area contributed by atoms with Crippen molar-refractivity contribution in [3.05, 3.63) is 54.0 Å². The molecule has 1 fully saturated rings. The predicted octanol–water partition coefficient (Wildman–Crippen LogP) is 2.68. The summed E-state index contributed by atoms with van der Waals surface area (Å²) < 4.78 is 0. The zero-order valence-corrected chi connectivity index (χ0v) is 14.1. The number of rotatable bonds is 5. The molecule has 2 aromatic heterocycles. The molecule has 3 heterocycles. The van der Waals surface area contributed by atoms with Crippen LogP contribution < -0.4 is 5.32 Å². The summed E-state index contributed by atoms with van der Waals surface area (Å²) in [5.74, 6) is 0.756. The number of hydrogen-bond donors (Lipinski definition) is 1. The molecule has 1 saturated heterocycles. The number of likely N-dealkylation sites (tertiary alicyclic amines) is 1. The Hall–Kier alpha value is -2.27. The molecule has 0 saturated carbocycles. The van der Waals surface area contributed by atoms with Crippen LogP contribution in [0.15, 0.2) is 42.6 Å². The predicted molar refractivity (Wildman–Crippen MR) is 94.7 cm³/mol. The van der Waals surface area contributed by atoms with Crippen molar-refractivity contribution in [2.24, 2.45) is 5.92 Å². The maximum absolute atomic E-state index is 12.5. The lowest BCUT2D eigenvalue weighted by Gasteiger charge is -2.31. The number of amides is 1. The van der Waals surface area contributed by atoms with Crippen LogP contribution in [0.2, 0.25) is 0 Å². The smallest absolute Gasteiger partial charge is 0.229 e. The Kier molecular flexibility index (Phi) is 5.54. The van der Waals surface area contributed by atoms with Crippen LogP contribution in [-0.2, 0) is 11.2 Å². The molecule has 0 aromatic carbocycles. The molecule has 5 heteroatoms. The number of anilines is 1. The van der Waals surface area contributed by atoms with Crippen molar-refractivity contribution < 1.29 is 4.79 Å². The van der Waals surface area contributed by atoms with Crippen LogP contribution in [0.25, 0.3) is 0 Å². The minimum Gasteiger partial charge on any atom is -0.310 e. The van der Waals surface area contributed by atoms with Gasteiger partial charge in [-0.05, 0) is 50.6 Å². The van der Waals surface area contributed by atoms with Crippen LogP contribution in [-0.4, -0.2) is 40.4 Å². The number of carbonyl (C=O) groups excluding carboxylic acids is 1. The minimum atomic E-state index is 0.0322. The van der Waals surface area contributed by atoms with E-state index >= 15 is 0 Å². The molecule has 0 unspecified atom stereocenters. The topological polar surface area (TPSA) is 58.1 Å². The Morgan fingerprint density at radius 1 is 1.29 bits per heavy atom. The van der Waals surface area contributed by atoms with Crippen molar-refractivity contribution in [1.82, 2.24) is 14.9 Å². The maximum atomic E-state index is 12.5. The molecule has 5 nitrogen and oxygen atoms in total. The minimum absolute atomic E-state index is 0.0322. The normalized spacial score (nSPS) is 18.3. The Labute approximate surface area is 143 Å². The quantitative estimate of drug-likeness (QED) is 0.919. The number of pyridine rings is 2. The fourth-order valence-corrected chi connectivity index (χ4v) is 3.13. The average Bonchev–Trinajstić information content (AvgIpc) is 2.61. The van der Waals surface area contributed by atoms with E-state index in [4.69, 9.17) is 0 Å². The second-order valence-electron chi connectivity index (χ2n) is 6.36. The standard InChI is InChI=1S/C19H24N4O/c1-15-6-4-9-18(21-15)22-19(24)16-7-5-12-23(14-16)13-10-17-8-2-3-11-20-17/h2-4,6,8-9,11,16H,5,7,10,12-14H2,1H3,(H,21,22,24)/t16-/m1/s1. The molecule has 2 aromatic rings. The van der Waals surface area contributed by atoms with Gasteiger partial charge in [-0.3, -0.25) is 9.78 Å². The molecule has 1 amide bonds. The maximum Gasteiger partial charge on any atom is 0.229 e. The van der Waals surface area contributed by atoms with Gasteiger partial charge in [0.1, 0.15) is 5.82 Å². The van der Waals surface area contributed by atoms with Gasteiger partial charge < -0.3 is 10.2 Å². The van der Waals surface area contributed by atoms with E-state index in [1.165, 1.54) is 0 Å². The highest BCUT2D eigenvalue weighted by Crippen LogP contribution is 2.18. The zero-order chi connectivity index (χ0) is 16.8. The molecular formula is C19H24N4O. The van der Waals surface area contributed by atoms with Crippen LogP contribution in [0.3, 0.4) is 0 Å². The van der Waals surface area contributed by atoms with Crippen LogP contribution in [0.1, 0.15) is 24.2 Å². The van der Waals surface area contributed by atoms with Crippen LogP contribution in [0.4, 0.5) is 5.82 Å².